The predicted molar refractivity (Wildman–Crippen MR) is 41.7 cm³/mol. The largest absolute Gasteiger partial charge is 0.480 e. The fourth-order valence-electron chi connectivity index (χ4n) is 0.417. The van der Waals surface area contributed by atoms with E-state index in [4.69, 9.17) is 14.9 Å². The zero-order valence-electron chi connectivity index (χ0n) is 6.23. The molecule has 70 valence electrons. The van der Waals surface area contributed by atoms with Gasteiger partial charge in [-0.25, -0.2) is 0 Å². The van der Waals surface area contributed by atoms with Crippen molar-refractivity contribution in [1.82, 2.24) is 5.32 Å². The van der Waals surface area contributed by atoms with Crippen LogP contribution in [0.15, 0.2) is 11.9 Å². The molecule has 0 unspecified atom stereocenters. The first-order valence-electron chi connectivity index (χ1n) is 3.00. The number of hydrogen-bond acceptors (Lipinski definition) is 3. The van der Waals surface area contributed by atoms with Crippen LogP contribution >= 0.6 is 7.60 Å². The molecule has 0 bridgehead atoms. The molecule has 0 amide bonds. The van der Waals surface area contributed by atoms with Gasteiger partial charge in [-0.3, -0.25) is 9.36 Å². The Kier molecular flexibility index (Phi) is 4.12. The van der Waals surface area contributed by atoms with Gasteiger partial charge in [0.25, 0.3) is 0 Å². The standard InChI is InChI=1S/C5H10NO5P/c1-4(12(9,10)11)2-6-3-5(7)8/h6H,1-3H2,(H,7,8)(H2,9,10,11). The van der Waals surface area contributed by atoms with Crippen molar-refractivity contribution in [3.8, 4) is 0 Å². The molecule has 0 heterocycles. The van der Waals surface area contributed by atoms with Gasteiger partial charge < -0.3 is 20.2 Å². The normalized spacial score (nSPS) is 11.2. The average molecular weight is 195 g/mol. The van der Waals surface area contributed by atoms with Crippen molar-refractivity contribution >= 4 is 13.6 Å². The van der Waals surface area contributed by atoms with E-state index in [2.05, 4.69) is 11.9 Å². The topological polar surface area (TPSA) is 107 Å². The van der Waals surface area contributed by atoms with E-state index in [1.54, 1.807) is 0 Å². The molecule has 6 nitrogen and oxygen atoms in total. The Morgan fingerprint density at radius 2 is 1.92 bits per heavy atom. The van der Waals surface area contributed by atoms with Crippen LogP contribution in [0.25, 0.3) is 0 Å². The lowest BCUT2D eigenvalue weighted by atomic mass is 10.5. The Bertz CT molecular complexity index is 232. The SMILES string of the molecule is C=C(CNCC(=O)O)P(=O)(O)O. The number of carboxylic acids is 1. The number of nitrogens with one attached hydrogen (secondary N) is 1. The van der Waals surface area contributed by atoms with E-state index in [1.165, 1.54) is 0 Å². The minimum Gasteiger partial charge on any atom is -0.480 e. The minimum atomic E-state index is -4.27. The highest BCUT2D eigenvalue weighted by molar-refractivity contribution is 7.56. The van der Waals surface area contributed by atoms with Crippen molar-refractivity contribution in [1.29, 1.82) is 0 Å². The van der Waals surface area contributed by atoms with E-state index in [9.17, 15) is 9.36 Å². The van der Waals surface area contributed by atoms with E-state index >= 15 is 0 Å². The van der Waals surface area contributed by atoms with Crippen LogP contribution in [0.1, 0.15) is 0 Å². The molecule has 0 radical (unpaired) electrons. The second kappa shape index (κ2) is 4.37. The molecule has 0 aliphatic heterocycles. The first-order valence-corrected chi connectivity index (χ1v) is 4.61. The predicted octanol–water partition coefficient (Wildman–Crippen LogP) is -0.648. The Balaban J connectivity index is 3.74. The molecule has 0 aromatic carbocycles. The summed E-state index contributed by atoms with van der Waals surface area (Å²) in [4.78, 5) is 26.9. The molecule has 0 aliphatic rings. The van der Waals surface area contributed by atoms with Gasteiger partial charge in [0.1, 0.15) is 0 Å². The van der Waals surface area contributed by atoms with Crippen molar-refractivity contribution in [2.75, 3.05) is 13.1 Å². The third kappa shape index (κ3) is 5.03. The van der Waals surface area contributed by atoms with Crippen LogP contribution in [0.2, 0.25) is 0 Å². The lowest BCUT2D eigenvalue weighted by molar-refractivity contribution is -0.135. The summed E-state index contributed by atoms with van der Waals surface area (Å²) in [5.74, 6) is -1.09. The van der Waals surface area contributed by atoms with Crippen molar-refractivity contribution in [2.24, 2.45) is 0 Å². The van der Waals surface area contributed by atoms with Crippen LogP contribution < -0.4 is 5.32 Å². The third-order valence-electron chi connectivity index (χ3n) is 1.02. The third-order valence-corrected chi connectivity index (χ3v) is 2.00. The highest BCUT2D eigenvalue weighted by Gasteiger charge is 2.17. The van der Waals surface area contributed by atoms with Gasteiger partial charge in [0.2, 0.25) is 0 Å². The zero-order valence-corrected chi connectivity index (χ0v) is 7.12. The monoisotopic (exact) mass is 195 g/mol. The van der Waals surface area contributed by atoms with Gasteiger partial charge in [0, 0.05) is 11.9 Å². The fraction of sp³-hybridized carbons (Fsp3) is 0.400. The summed E-state index contributed by atoms with van der Waals surface area (Å²) in [5, 5.41) is 10.1. The second-order valence-corrected chi connectivity index (χ2v) is 3.83. The van der Waals surface area contributed by atoms with Crippen molar-refractivity contribution in [3.63, 3.8) is 0 Å². The number of rotatable bonds is 5. The molecule has 0 aromatic rings. The number of aliphatic carboxylic acids is 1. The quantitative estimate of drug-likeness (QED) is 0.434. The molecule has 4 N–H and O–H groups in total. The van der Waals surface area contributed by atoms with E-state index in [-0.39, 0.29) is 18.4 Å². The van der Waals surface area contributed by atoms with E-state index < -0.39 is 13.6 Å². The van der Waals surface area contributed by atoms with E-state index in [0.717, 1.165) is 0 Å². The van der Waals surface area contributed by atoms with Crippen molar-refractivity contribution in [2.45, 2.75) is 0 Å². The Morgan fingerprint density at radius 3 is 2.25 bits per heavy atom. The maximum absolute atomic E-state index is 10.4. The molecular weight excluding hydrogens is 185 g/mol. The van der Waals surface area contributed by atoms with Crippen molar-refractivity contribution < 1.29 is 24.3 Å². The van der Waals surface area contributed by atoms with Crippen LogP contribution in [-0.4, -0.2) is 34.0 Å². The molecule has 0 saturated carbocycles. The summed E-state index contributed by atoms with van der Waals surface area (Å²) in [7, 11) is -4.27. The Hall–Kier alpha value is -0.680. The highest BCUT2D eigenvalue weighted by Crippen LogP contribution is 2.42. The molecular formula is C5H10NO5P. The van der Waals surface area contributed by atoms with Crippen molar-refractivity contribution in [3.05, 3.63) is 11.9 Å². The van der Waals surface area contributed by atoms with Gasteiger partial charge in [-0.05, 0) is 0 Å². The maximum Gasteiger partial charge on any atom is 0.352 e. The Labute approximate surface area is 69.1 Å². The van der Waals surface area contributed by atoms with E-state index in [1.807, 2.05) is 0 Å². The molecule has 0 spiro atoms. The Morgan fingerprint density at radius 1 is 1.42 bits per heavy atom. The van der Waals surface area contributed by atoms with Crippen LogP contribution in [0, 0.1) is 0 Å². The lowest BCUT2D eigenvalue weighted by Gasteiger charge is -2.06. The molecule has 0 saturated heterocycles. The maximum atomic E-state index is 10.4. The zero-order chi connectivity index (χ0) is 9.78. The number of carboxylic acid groups (broad SMARTS) is 1. The molecule has 7 heteroatoms. The second-order valence-electron chi connectivity index (χ2n) is 2.11. The first kappa shape index (κ1) is 11.3. The summed E-state index contributed by atoms with van der Waals surface area (Å²) < 4.78 is 10.4. The van der Waals surface area contributed by atoms with Gasteiger partial charge >= 0.3 is 13.6 Å². The van der Waals surface area contributed by atoms with Crippen LogP contribution in [0.3, 0.4) is 0 Å². The summed E-state index contributed by atoms with van der Waals surface area (Å²) in [6.07, 6.45) is 0. The van der Waals surface area contributed by atoms with E-state index in [0.29, 0.717) is 0 Å². The molecule has 0 atom stereocenters. The fourth-order valence-corrected chi connectivity index (χ4v) is 0.734. The smallest absolute Gasteiger partial charge is 0.352 e. The van der Waals surface area contributed by atoms with Gasteiger partial charge in [-0.2, -0.15) is 0 Å². The van der Waals surface area contributed by atoms with Gasteiger partial charge in [-0.1, -0.05) is 6.58 Å². The summed E-state index contributed by atoms with van der Waals surface area (Å²) >= 11 is 0. The molecule has 0 rings (SSSR count). The molecule has 0 fully saturated rings. The molecule has 12 heavy (non-hydrogen) atoms. The summed E-state index contributed by atoms with van der Waals surface area (Å²) in [6, 6.07) is 0. The summed E-state index contributed by atoms with van der Waals surface area (Å²) in [6.45, 7) is 2.56. The number of hydrogen-bond donors (Lipinski definition) is 4. The first-order chi connectivity index (χ1) is 5.34. The van der Waals surface area contributed by atoms with Crippen LogP contribution in [-0.2, 0) is 9.36 Å². The minimum absolute atomic E-state index is 0.198. The average Bonchev–Trinajstić information content (AvgIpc) is 1.84. The van der Waals surface area contributed by atoms with Gasteiger partial charge in [0.15, 0.2) is 0 Å². The van der Waals surface area contributed by atoms with Crippen LogP contribution in [0.4, 0.5) is 0 Å². The number of carbonyl (C=O) groups is 1. The lowest BCUT2D eigenvalue weighted by Crippen LogP contribution is -2.24. The van der Waals surface area contributed by atoms with Crippen LogP contribution in [0.5, 0.6) is 0 Å². The van der Waals surface area contributed by atoms with Gasteiger partial charge in [-0.15, -0.1) is 0 Å². The molecule has 0 aliphatic carbocycles. The highest BCUT2D eigenvalue weighted by atomic mass is 31.2. The summed E-state index contributed by atoms with van der Waals surface area (Å²) in [5.41, 5.74) is 0. The van der Waals surface area contributed by atoms with Gasteiger partial charge in [0.05, 0.1) is 6.54 Å². The molecule has 0 aromatic heterocycles.